The number of carbonyl (C=O) groups is 1. The summed E-state index contributed by atoms with van der Waals surface area (Å²) in [5.41, 5.74) is 5.46. The first-order valence-electron chi connectivity index (χ1n) is 10.4. The van der Waals surface area contributed by atoms with Crippen LogP contribution in [0.25, 0.3) is 0 Å². The Kier molecular flexibility index (Phi) is 8.26. The summed E-state index contributed by atoms with van der Waals surface area (Å²) in [6.07, 6.45) is 2.87. The van der Waals surface area contributed by atoms with Crippen molar-refractivity contribution in [3.05, 3.63) is 0 Å². The molecule has 0 aromatic rings. The Balaban J connectivity index is 2.64. The molecule has 0 N–H and O–H groups in total. The number of hydrogen-bond donors (Lipinski definition) is 0. The average molecular weight is 380 g/mol. The number of hydrogen-bond acceptors (Lipinski definition) is 2. The average Bonchev–Trinajstić information content (AvgIpc) is 2.49. The first-order valence-corrected chi connectivity index (χ1v) is 12.6. The van der Waals surface area contributed by atoms with Gasteiger partial charge in [-0.3, -0.25) is 0 Å². The summed E-state index contributed by atoms with van der Waals surface area (Å²) < 4.78 is 5.48. The zero-order chi connectivity index (χ0) is 20.1. The van der Waals surface area contributed by atoms with Crippen molar-refractivity contribution in [1.29, 1.82) is 0 Å². The smallest absolute Gasteiger partial charge is 0.410 e. The highest BCUT2D eigenvalue weighted by Crippen LogP contribution is 2.40. The summed E-state index contributed by atoms with van der Waals surface area (Å²) in [5.74, 6) is 4.21. The highest BCUT2D eigenvalue weighted by atomic mass is 28.3. The van der Waals surface area contributed by atoms with Crippen LogP contribution in [-0.2, 0) is 4.74 Å². The van der Waals surface area contributed by atoms with Crippen molar-refractivity contribution in [3.63, 3.8) is 0 Å². The second-order valence-electron chi connectivity index (χ2n) is 9.81. The van der Waals surface area contributed by atoms with E-state index in [-0.39, 0.29) is 6.09 Å². The fraction of sp³-hybridized carbons (Fsp3) is 0.864. The molecule has 0 saturated carbocycles. The third kappa shape index (κ3) is 6.05. The predicted octanol–water partition coefficient (Wildman–Crippen LogP) is 6.25. The molecule has 0 spiro atoms. The van der Waals surface area contributed by atoms with E-state index in [1.54, 1.807) is 0 Å². The van der Waals surface area contributed by atoms with Gasteiger partial charge in [-0.2, -0.15) is 0 Å². The van der Waals surface area contributed by atoms with Crippen molar-refractivity contribution in [2.24, 2.45) is 5.92 Å². The van der Waals surface area contributed by atoms with E-state index in [2.05, 4.69) is 53.0 Å². The van der Waals surface area contributed by atoms with E-state index in [1.807, 2.05) is 25.7 Å². The van der Waals surface area contributed by atoms with E-state index in [0.717, 1.165) is 32.4 Å². The Morgan fingerprint density at radius 1 is 1.04 bits per heavy atom. The molecule has 1 heterocycles. The van der Waals surface area contributed by atoms with Gasteiger partial charge in [-0.25, -0.2) is 4.79 Å². The standard InChI is InChI=1S/C22H41NO2Si/c1-17(2)26(18(3)4,19(5)6)16-10-11-20-12-14-23(15-13-20)21(24)25-22(7,8)9/h17-20H,11-15H2,1-9H3. The first-order chi connectivity index (χ1) is 11.9. The molecule has 0 radical (unpaired) electrons. The Hall–Kier alpha value is -0.953. The van der Waals surface area contributed by atoms with Crippen LogP contribution in [0.3, 0.4) is 0 Å². The largest absolute Gasteiger partial charge is 0.444 e. The van der Waals surface area contributed by atoms with Gasteiger partial charge in [0.15, 0.2) is 0 Å². The Morgan fingerprint density at radius 2 is 1.50 bits per heavy atom. The lowest BCUT2D eigenvalue weighted by atomic mass is 9.94. The number of nitrogens with zero attached hydrogens (tertiary/aromatic N) is 1. The first kappa shape index (κ1) is 23.1. The number of ether oxygens (including phenoxy) is 1. The lowest BCUT2D eigenvalue weighted by Crippen LogP contribution is -2.43. The second-order valence-corrected chi connectivity index (χ2v) is 15.4. The molecule has 1 aliphatic rings. The Bertz CT molecular complexity index is 493. The maximum absolute atomic E-state index is 12.2. The summed E-state index contributed by atoms with van der Waals surface area (Å²) in [5, 5.41) is 0. The van der Waals surface area contributed by atoms with Crippen molar-refractivity contribution in [3.8, 4) is 11.5 Å². The predicted molar refractivity (Wildman–Crippen MR) is 114 cm³/mol. The van der Waals surface area contributed by atoms with Crippen LogP contribution in [0, 0.1) is 17.4 Å². The topological polar surface area (TPSA) is 29.5 Å². The molecule has 0 aliphatic carbocycles. The lowest BCUT2D eigenvalue weighted by molar-refractivity contribution is 0.0185. The van der Waals surface area contributed by atoms with Crippen LogP contribution in [0.15, 0.2) is 0 Å². The highest BCUT2D eigenvalue weighted by molar-refractivity contribution is 6.90. The van der Waals surface area contributed by atoms with Crippen LogP contribution in [0.2, 0.25) is 16.6 Å². The van der Waals surface area contributed by atoms with E-state index in [9.17, 15) is 4.79 Å². The number of rotatable bonds is 4. The molecular formula is C22H41NO2Si. The van der Waals surface area contributed by atoms with Gasteiger partial charge < -0.3 is 9.64 Å². The van der Waals surface area contributed by atoms with Crippen LogP contribution in [-0.4, -0.2) is 37.8 Å². The van der Waals surface area contributed by atoms with Crippen molar-refractivity contribution < 1.29 is 9.53 Å². The Labute approximate surface area is 163 Å². The van der Waals surface area contributed by atoms with Crippen LogP contribution in [0.4, 0.5) is 4.79 Å². The minimum Gasteiger partial charge on any atom is -0.444 e. The number of amides is 1. The van der Waals surface area contributed by atoms with Crippen LogP contribution < -0.4 is 0 Å². The molecule has 150 valence electrons. The zero-order valence-electron chi connectivity index (χ0n) is 18.6. The lowest BCUT2D eigenvalue weighted by Gasteiger charge is -2.38. The second kappa shape index (κ2) is 9.31. The van der Waals surface area contributed by atoms with Crippen molar-refractivity contribution in [2.75, 3.05) is 13.1 Å². The SMILES string of the molecule is CC(C)[Si](C#CCC1CCN(C(=O)OC(C)(C)C)CC1)(C(C)C)C(C)C. The fourth-order valence-corrected chi connectivity index (χ4v) is 9.70. The number of likely N-dealkylation sites (tertiary alicyclic amines) is 1. The summed E-state index contributed by atoms with van der Waals surface area (Å²) in [7, 11) is -1.62. The molecule has 4 heteroatoms. The van der Waals surface area contributed by atoms with Gasteiger partial charge in [0.1, 0.15) is 13.7 Å². The molecule has 1 saturated heterocycles. The molecule has 0 atom stereocenters. The third-order valence-electron chi connectivity index (χ3n) is 5.83. The molecule has 1 rings (SSSR count). The van der Waals surface area contributed by atoms with Crippen LogP contribution >= 0.6 is 0 Å². The molecule has 1 fully saturated rings. The quantitative estimate of drug-likeness (QED) is 0.427. The molecule has 0 bridgehead atoms. The molecule has 0 aromatic carbocycles. The molecular weight excluding hydrogens is 338 g/mol. The maximum Gasteiger partial charge on any atom is 0.410 e. The van der Waals surface area contributed by atoms with E-state index in [4.69, 9.17) is 4.74 Å². The number of carbonyl (C=O) groups excluding carboxylic acids is 1. The van der Waals surface area contributed by atoms with Crippen LogP contribution in [0.5, 0.6) is 0 Å². The summed E-state index contributed by atoms with van der Waals surface area (Å²) in [6.45, 7) is 21.5. The van der Waals surface area contributed by atoms with Gasteiger partial charge in [0.05, 0.1) is 0 Å². The zero-order valence-corrected chi connectivity index (χ0v) is 19.6. The molecule has 0 aromatic heterocycles. The summed E-state index contributed by atoms with van der Waals surface area (Å²) in [6, 6.07) is 0. The molecule has 1 aliphatic heterocycles. The van der Waals surface area contributed by atoms with E-state index in [1.165, 1.54) is 0 Å². The monoisotopic (exact) mass is 379 g/mol. The van der Waals surface area contributed by atoms with Gasteiger partial charge in [-0.1, -0.05) is 41.5 Å². The molecule has 1 amide bonds. The van der Waals surface area contributed by atoms with Crippen molar-refractivity contribution in [1.82, 2.24) is 4.90 Å². The van der Waals surface area contributed by atoms with Gasteiger partial charge in [-0.05, 0) is 56.2 Å². The normalized spacial score (nSPS) is 16.8. The summed E-state index contributed by atoms with van der Waals surface area (Å²) in [4.78, 5) is 14.0. The van der Waals surface area contributed by atoms with Crippen molar-refractivity contribution >= 4 is 14.2 Å². The summed E-state index contributed by atoms with van der Waals surface area (Å²) >= 11 is 0. The van der Waals surface area contributed by atoms with Gasteiger partial charge in [0, 0.05) is 19.5 Å². The minimum atomic E-state index is -1.62. The van der Waals surface area contributed by atoms with E-state index < -0.39 is 13.7 Å². The van der Waals surface area contributed by atoms with E-state index >= 15 is 0 Å². The highest BCUT2D eigenvalue weighted by Gasteiger charge is 2.41. The van der Waals surface area contributed by atoms with Gasteiger partial charge >= 0.3 is 6.09 Å². The van der Waals surface area contributed by atoms with Crippen LogP contribution in [0.1, 0.15) is 81.6 Å². The van der Waals surface area contributed by atoms with Gasteiger partial charge in [-0.15, -0.1) is 11.5 Å². The Morgan fingerprint density at radius 3 is 1.88 bits per heavy atom. The molecule has 0 unspecified atom stereocenters. The molecule has 3 nitrogen and oxygen atoms in total. The fourth-order valence-electron chi connectivity index (χ4n) is 4.43. The van der Waals surface area contributed by atoms with E-state index in [0.29, 0.717) is 22.5 Å². The number of piperidine rings is 1. The third-order valence-corrected chi connectivity index (χ3v) is 12.2. The molecule has 26 heavy (non-hydrogen) atoms. The maximum atomic E-state index is 12.2. The minimum absolute atomic E-state index is 0.173. The van der Waals surface area contributed by atoms with Crippen molar-refractivity contribution in [2.45, 2.75) is 104 Å². The van der Waals surface area contributed by atoms with Gasteiger partial charge in [0.2, 0.25) is 0 Å². The van der Waals surface area contributed by atoms with Gasteiger partial charge in [0.25, 0.3) is 0 Å².